The van der Waals surface area contributed by atoms with Gasteiger partial charge in [0.25, 0.3) is 0 Å². The molecule has 0 saturated carbocycles. The number of nitrogens with zero attached hydrogens (tertiary/aromatic N) is 4. The zero-order chi connectivity index (χ0) is 37.6. The Labute approximate surface area is 330 Å². The van der Waals surface area contributed by atoms with Crippen LogP contribution in [0.1, 0.15) is 37.8 Å². The van der Waals surface area contributed by atoms with Crippen molar-refractivity contribution < 1.29 is 29.2 Å². The average molecular weight is 855 g/mol. The predicted molar refractivity (Wildman–Crippen MR) is 220 cm³/mol. The lowest BCUT2D eigenvalue weighted by Crippen LogP contribution is -2.18. The maximum Gasteiger partial charge on any atom is 0.197 e. The van der Waals surface area contributed by atoms with Gasteiger partial charge in [0.15, 0.2) is 12.6 Å². The highest BCUT2D eigenvalue weighted by Gasteiger charge is 2.28. The molecule has 5 aliphatic heterocycles. The Morgan fingerprint density at radius 1 is 0.519 bits per heavy atom. The van der Waals surface area contributed by atoms with Gasteiger partial charge in [0.2, 0.25) is 0 Å². The molecular weight excluding hydrogens is 816 g/mol. The van der Waals surface area contributed by atoms with Crippen LogP contribution in [-0.4, -0.2) is 72.1 Å². The maximum atomic E-state index is 9.21. The molecule has 10 nitrogen and oxygen atoms in total. The lowest BCUT2D eigenvalue weighted by atomic mass is 9.98. The highest BCUT2D eigenvalue weighted by molar-refractivity contribution is 9.12. The largest absolute Gasteiger partial charge is 0.465 e. The van der Waals surface area contributed by atoms with E-state index in [0.29, 0.717) is 83.2 Å². The zero-order valence-electron chi connectivity index (χ0n) is 29.7. The number of para-hydroxylation sites is 2. The quantitative estimate of drug-likeness (QED) is 0.146. The molecule has 0 spiro atoms. The molecule has 2 atom stereocenters. The van der Waals surface area contributed by atoms with Crippen LogP contribution < -0.4 is 9.47 Å². The van der Waals surface area contributed by atoms with Crippen LogP contribution in [0.25, 0.3) is 11.1 Å². The number of hydrogen-bond acceptors (Lipinski definition) is 10. The molecule has 0 aliphatic carbocycles. The SMILES string of the molecule is CC(OCCCO)Oc1ccccc1C1=C2C=CC(=N2)C(Br)=C2C=CC(=N2)C(c2ccccc2OC(C)OCCCO)=C2C=CC(=N2)C(Br)=C2C=CC1=N2. The van der Waals surface area contributed by atoms with Crippen molar-refractivity contribution in [2.75, 3.05) is 26.4 Å². The Bertz CT molecular complexity index is 2060. The fraction of sp³-hybridized carbons (Fsp3) is 0.238. The van der Waals surface area contributed by atoms with Crippen molar-refractivity contribution in [1.82, 2.24) is 0 Å². The summed E-state index contributed by atoms with van der Waals surface area (Å²) in [6.07, 6.45) is 15.6. The summed E-state index contributed by atoms with van der Waals surface area (Å²) in [5.74, 6) is 1.23. The molecule has 5 aliphatic rings. The third-order valence-electron chi connectivity index (χ3n) is 8.69. The molecule has 2 N–H and O–H groups in total. The van der Waals surface area contributed by atoms with Crippen molar-refractivity contribution in [1.29, 1.82) is 0 Å². The van der Waals surface area contributed by atoms with Crippen molar-refractivity contribution in [2.24, 2.45) is 20.0 Å². The lowest BCUT2D eigenvalue weighted by molar-refractivity contribution is -0.0700. The van der Waals surface area contributed by atoms with E-state index in [9.17, 15) is 10.2 Å². The first-order chi connectivity index (χ1) is 26.3. The topological polar surface area (TPSA) is 127 Å². The van der Waals surface area contributed by atoms with Gasteiger partial charge >= 0.3 is 0 Å². The van der Waals surface area contributed by atoms with Gasteiger partial charge in [0, 0.05) is 35.5 Å². The molecule has 0 fully saturated rings. The first-order valence-electron chi connectivity index (χ1n) is 17.7. The van der Waals surface area contributed by atoms with Gasteiger partial charge < -0.3 is 29.2 Å². The van der Waals surface area contributed by atoms with E-state index in [-0.39, 0.29) is 13.2 Å². The molecule has 2 unspecified atom stereocenters. The van der Waals surface area contributed by atoms with Gasteiger partial charge in [-0.25, -0.2) is 20.0 Å². The highest BCUT2D eigenvalue weighted by atomic mass is 79.9. The molecule has 7 rings (SSSR count). The third-order valence-corrected chi connectivity index (χ3v) is 10.3. The minimum Gasteiger partial charge on any atom is -0.465 e. The minimum absolute atomic E-state index is 0.0459. The molecule has 8 bridgehead atoms. The molecule has 0 radical (unpaired) electrons. The molecule has 0 aromatic heterocycles. The molecule has 0 saturated heterocycles. The predicted octanol–water partition coefficient (Wildman–Crippen LogP) is 8.33. The Morgan fingerprint density at radius 3 is 1.31 bits per heavy atom. The number of halogens is 2. The number of rotatable bonds is 14. The smallest absolute Gasteiger partial charge is 0.197 e. The summed E-state index contributed by atoms with van der Waals surface area (Å²) in [5, 5.41) is 18.4. The van der Waals surface area contributed by atoms with Crippen LogP contribution in [-0.2, 0) is 9.47 Å². The standard InChI is InChI=1S/C42H38Br2N4O6/c1-25(51-23-7-21-49)53-37-11-5-3-9-27(37)39-29-13-17-33(45-29)41(43)35-19-15-31(47-35)40(28-10-4-6-12-38(28)54-26(2)52-24-8-22-50)32-16-20-36(48-32)42(44)34-18-14-30(39)46-34/h3-6,9-20,25-26,49-50H,7-8,21-24H2,1-2H3. The van der Waals surface area contributed by atoms with E-state index in [1.807, 2.05) is 111 Å². The number of aliphatic imine (C=N–C) groups is 4. The summed E-state index contributed by atoms with van der Waals surface area (Å²) in [5.41, 5.74) is 8.78. The second kappa shape index (κ2) is 17.3. The van der Waals surface area contributed by atoms with Gasteiger partial charge in [-0.3, -0.25) is 0 Å². The van der Waals surface area contributed by atoms with E-state index in [1.165, 1.54) is 0 Å². The zero-order valence-corrected chi connectivity index (χ0v) is 32.9. The van der Waals surface area contributed by atoms with Gasteiger partial charge in [-0.1, -0.05) is 36.4 Å². The van der Waals surface area contributed by atoms with Crippen LogP contribution in [0.2, 0.25) is 0 Å². The van der Waals surface area contributed by atoms with E-state index in [0.717, 1.165) is 31.2 Å². The van der Waals surface area contributed by atoms with Crippen molar-refractivity contribution >= 4 is 65.9 Å². The van der Waals surface area contributed by atoms with Crippen LogP contribution in [0.5, 0.6) is 11.5 Å². The number of benzene rings is 2. The summed E-state index contributed by atoms with van der Waals surface area (Å²) in [4.78, 5) is 20.4. The molecule has 2 aromatic rings. The molecule has 5 heterocycles. The van der Waals surface area contributed by atoms with Crippen LogP contribution in [0, 0.1) is 0 Å². The Balaban J connectivity index is 1.35. The van der Waals surface area contributed by atoms with E-state index >= 15 is 0 Å². The molecule has 276 valence electrons. The number of ether oxygens (including phenoxy) is 4. The summed E-state index contributed by atoms with van der Waals surface area (Å²) in [6.45, 7) is 4.51. The number of aliphatic hydroxyl groups is 2. The van der Waals surface area contributed by atoms with Gasteiger partial charge in [-0.05, 0) is 119 Å². The van der Waals surface area contributed by atoms with Gasteiger partial charge in [0.05, 0.1) is 67.8 Å². The van der Waals surface area contributed by atoms with Crippen LogP contribution in [0.4, 0.5) is 0 Å². The fourth-order valence-corrected chi connectivity index (χ4v) is 7.06. The first kappa shape index (κ1) is 37.7. The van der Waals surface area contributed by atoms with Crippen LogP contribution >= 0.6 is 31.9 Å². The summed E-state index contributed by atoms with van der Waals surface area (Å²) < 4.78 is 25.7. The molecule has 0 amide bonds. The fourth-order valence-electron chi connectivity index (χ4n) is 6.18. The molecule has 12 heteroatoms. The number of fused-ring (bicyclic) bond motifs is 4. The number of aliphatic hydroxyl groups excluding tert-OH is 2. The van der Waals surface area contributed by atoms with Crippen molar-refractivity contribution in [3.8, 4) is 11.5 Å². The van der Waals surface area contributed by atoms with Crippen LogP contribution in [0.15, 0.2) is 149 Å². The second-order valence-corrected chi connectivity index (χ2v) is 14.1. The van der Waals surface area contributed by atoms with E-state index < -0.39 is 12.6 Å². The minimum atomic E-state index is -0.551. The van der Waals surface area contributed by atoms with Gasteiger partial charge in [0.1, 0.15) is 11.5 Å². The summed E-state index contributed by atoms with van der Waals surface area (Å²) in [7, 11) is 0. The first-order valence-corrected chi connectivity index (χ1v) is 19.3. The molecule has 2 aromatic carbocycles. The second-order valence-electron chi connectivity index (χ2n) is 12.5. The Kier molecular flexibility index (Phi) is 12.1. The highest BCUT2D eigenvalue weighted by Crippen LogP contribution is 2.40. The van der Waals surface area contributed by atoms with Gasteiger partial charge in [-0.2, -0.15) is 0 Å². The van der Waals surface area contributed by atoms with Crippen molar-refractivity contribution in [2.45, 2.75) is 39.3 Å². The van der Waals surface area contributed by atoms with E-state index in [4.69, 9.17) is 38.9 Å². The van der Waals surface area contributed by atoms with Crippen LogP contribution in [0.3, 0.4) is 0 Å². The average Bonchev–Trinajstić information content (AvgIpc) is 4.01. The Hall–Kier alpha value is -4.56. The lowest BCUT2D eigenvalue weighted by Gasteiger charge is -2.19. The summed E-state index contributed by atoms with van der Waals surface area (Å²) >= 11 is 7.65. The Morgan fingerprint density at radius 2 is 0.889 bits per heavy atom. The normalized spacial score (nSPS) is 18.5. The van der Waals surface area contributed by atoms with E-state index in [2.05, 4.69) is 31.9 Å². The van der Waals surface area contributed by atoms with Gasteiger partial charge in [-0.15, -0.1) is 0 Å². The number of allylic oxidation sites excluding steroid dienone is 12. The van der Waals surface area contributed by atoms with Crippen molar-refractivity contribution in [3.63, 3.8) is 0 Å². The van der Waals surface area contributed by atoms with E-state index in [1.54, 1.807) is 0 Å². The molecule has 54 heavy (non-hydrogen) atoms. The maximum absolute atomic E-state index is 9.21. The summed E-state index contributed by atoms with van der Waals surface area (Å²) in [6, 6.07) is 15.5. The monoisotopic (exact) mass is 852 g/mol. The molecular formula is C42H38Br2N4O6. The van der Waals surface area contributed by atoms with Crippen molar-refractivity contribution in [3.05, 3.63) is 140 Å². The third kappa shape index (κ3) is 8.24. The number of hydrogen-bond donors (Lipinski definition) is 2.